The molecule has 2 amide bonds. The van der Waals surface area contributed by atoms with Gasteiger partial charge in [0, 0.05) is 24.7 Å². The maximum atomic E-state index is 12.2. The number of anilines is 1. The number of hydrogen-bond donors (Lipinski definition) is 1. The second-order valence-electron chi connectivity index (χ2n) is 5.73. The van der Waals surface area contributed by atoms with E-state index in [1.165, 1.54) is 5.56 Å². The van der Waals surface area contributed by atoms with E-state index in [0.29, 0.717) is 19.1 Å². The molecule has 3 rings (SSSR count). The molecule has 0 spiro atoms. The zero-order chi connectivity index (χ0) is 14.7. The van der Waals surface area contributed by atoms with Gasteiger partial charge in [0.2, 0.25) is 0 Å². The van der Waals surface area contributed by atoms with Crippen molar-refractivity contribution in [3.8, 4) is 0 Å². The Morgan fingerprint density at radius 1 is 1.14 bits per heavy atom. The summed E-state index contributed by atoms with van der Waals surface area (Å²) in [6.07, 6.45) is 1.81. The highest BCUT2D eigenvalue weighted by molar-refractivity contribution is 5.89. The minimum Gasteiger partial charge on any atom is -0.350 e. The first-order chi connectivity index (χ1) is 10.2. The molecule has 1 N–H and O–H groups in total. The number of nitrogens with one attached hydrogen (secondary N) is 1. The van der Waals surface area contributed by atoms with Crippen LogP contribution in [0, 0.1) is 12.8 Å². The Morgan fingerprint density at radius 2 is 1.76 bits per heavy atom. The van der Waals surface area contributed by atoms with Gasteiger partial charge in [-0.15, -0.1) is 0 Å². The molecule has 2 heterocycles. The van der Waals surface area contributed by atoms with E-state index in [9.17, 15) is 4.79 Å². The largest absolute Gasteiger partial charge is 0.350 e. The molecule has 2 aliphatic heterocycles. The zero-order valence-corrected chi connectivity index (χ0v) is 12.4. The molecular formula is C16H22N2O3. The number of rotatable bonds is 2. The Balaban J connectivity index is 1.49. The standard InChI is InChI=1S/C16H22N2O3/c1-12-2-4-14(5-3-12)17-16(19)18-8-6-13(7-9-18)15-20-10-11-21-15/h2-5,13,15H,6-11H2,1H3,(H,17,19). The number of nitrogens with zero attached hydrogens (tertiary/aromatic N) is 1. The van der Waals surface area contributed by atoms with Crippen molar-refractivity contribution >= 4 is 11.7 Å². The number of benzene rings is 1. The van der Waals surface area contributed by atoms with Crippen molar-refractivity contribution in [1.82, 2.24) is 4.90 Å². The first kappa shape index (κ1) is 14.4. The SMILES string of the molecule is Cc1ccc(NC(=O)N2CCC(C3OCCO3)CC2)cc1. The average Bonchev–Trinajstić information content (AvgIpc) is 3.04. The second kappa shape index (κ2) is 6.45. The summed E-state index contributed by atoms with van der Waals surface area (Å²) in [7, 11) is 0. The van der Waals surface area contributed by atoms with Gasteiger partial charge in [-0.1, -0.05) is 17.7 Å². The van der Waals surface area contributed by atoms with Crippen molar-refractivity contribution in [2.24, 2.45) is 5.92 Å². The topological polar surface area (TPSA) is 50.8 Å². The van der Waals surface area contributed by atoms with E-state index in [0.717, 1.165) is 31.6 Å². The Hall–Kier alpha value is -1.59. The number of amides is 2. The van der Waals surface area contributed by atoms with Crippen LogP contribution in [0.15, 0.2) is 24.3 Å². The number of carbonyl (C=O) groups is 1. The highest BCUT2D eigenvalue weighted by Gasteiger charge is 2.31. The minimum absolute atomic E-state index is 0.0226. The fourth-order valence-corrected chi connectivity index (χ4v) is 2.86. The molecule has 0 aromatic heterocycles. The fraction of sp³-hybridized carbons (Fsp3) is 0.562. The summed E-state index contributed by atoms with van der Waals surface area (Å²) in [4.78, 5) is 14.1. The molecule has 0 radical (unpaired) electrons. The molecule has 114 valence electrons. The van der Waals surface area contributed by atoms with E-state index in [1.54, 1.807) is 0 Å². The van der Waals surface area contributed by atoms with Crippen LogP contribution in [-0.2, 0) is 9.47 Å². The Labute approximate surface area is 125 Å². The van der Waals surface area contributed by atoms with E-state index >= 15 is 0 Å². The van der Waals surface area contributed by atoms with Crippen molar-refractivity contribution < 1.29 is 14.3 Å². The smallest absolute Gasteiger partial charge is 0.321 e. The first-order valence-electron chi connectivity index (χ1n) is 7.58. The number of ether oxygens (including phenoxy) is 2. The van der Waals surface area contributed by atoms with Gasteiger partial charge in [-0.25, -0.2) is 4.79 Å². The average molecular weight is 290 g/mol. The predicted octanol–water partition coefficient (Wildman–Crippen LogP) is 2.61. The van der Waals surface area contributed by atoms with Crippen LogP contribution in [0.5, 0.6) is 0 Å². The number of likely N-dealkylation sites (tertiary alicyclic amines) is 1. The number of urea groups is 1. The van der Waals surface area contributed by atoms with Crippen molar-refractivity contribution in [3.63, 3.8) is 0 Å². The summed E-state index contributed by atoms with van der Waals surface area (Å²) < 4.78 is 11.1. The zero-order valence-electron chi connectivity index (χ0n) is 12.4. The monoisotopic (exact) mass is 290 g/mol. The van der Waals surface area contributed by atoms with Gasteiger partial charge in [-0.2, -0.15) is 0 Å². The third kappa shape index (κ3) is 3.54. The molecule has 0 saturated carbocycles. The van der Waals surface area contributed by atoms with Crippen molar-refractivity contribution in [2.75, 3.05) is 31.6 Å². The predicted molar refractivity (Wildman–Crippen MR) is 80.2 cm³/mol. The number of carbonyl (C=O) groups excluding carboxylic acids is 1. The lowest BCUT2D eigenvalue weighted by molar-refractivity contribution is -0.0950. The summed E-state index contributed by atoms with van der Waals surface area (Å²) in [6.45, 7) is 4.93. The first-order valence-corrected chi connectivity index (χ1v) is 7.58. The van der Waals surface area contributed by atoms with Crippen LogP contribution in [0.3, 0.4) is 0 Å². The Kier molecular flexibility index (Phi) is 4.41. The van der Waals surface area contributed by atoms with Gasteiger partial charge in [0.25, 0.3) is 0 Å². The number of aryl methyl sites for hydroxylation is 1. The molecule has 2 saturated heterocycles. The molecule has 5 nitrogen and oxygen atoms in total. The highest BCUT2D eigenvalue weighted by Crippen LogP contribution is 2.26. The van der Waals surface area contributed by atoms with E-state index < -0.39 is 0 Å². The summed E-state index contributed by atoms with van der Waals surface area (Å²) in [5.41, 5.74) is 2.03. The van der Waals surface area contributed by atoms with Gasteiger partial charge in [-0.05, 0) is 31.9 Å². The molecule has 21 heavy (non-hydrogen) atoms. The summed E-state index contributed by atoms with van der Waals surface area (Å²) >= 11 is 0. The van der Waals surface area contributed by atoms with Crippen LogP contribution in [0.1, 0.15) is 18.4 Å². The van der Waals surface area contributed by atoms with E-state index in [2.05, 4.69) is 5.32 Å². The minimum atomic E-state index is -0.0627. The van der Waals surface area contributed by atoms with Gasteiger partial charge in [0.05, 0.1) is 13.2 Å². The molecule has 1 aromatic rings. The number of hydrogen-bond acceptors (Lipinski definition) is 3. The van der Waals surface area contributed by atoms with Crippen LogP contribution >= 0.6 is 0 Å². The van der Waals surface area contributed by atoms with Gasteiger partial charge >= 0.3 is 6.03 Å². The quantitative estimate of drug-likeness (QED) is 0.911. The summed E-state index contributed by atoms with van der Waals surface area (Å²) in [5, 5.41) is 2.95. The van der Waals surface area contributed by atoms with E-state index in [-0.39, 0.29) is 12.3 Å². The fourth-order valence-electron chi connectivity index (χ4n) is 2.86. The maximum Gasteiger partial charge on any atom is 0.321 e. The van der Waals surface area contributed by atoms with Crippen LogP contribution in [0.2, 0.25) is 0 Å². The molecule has 0 bridgehead atoms. The van der Waals surface area contributed by atoms with Crippen molar-refractivity contribution in [2.45, 2.75) is 26.1 Å². The van der Waals surface area contributed by atoms with E-state index in [4.69, 9.17) is 9.47 Å². The van der Waals surface area contributed by atoms with Crippen LogP contribution in [0.25, 0.3) is 0 Å². The maximum absolute atomic E-state index is 12.2. The lowest BCUT2D eigenvalue weighted by atomic mass is 9.96. The highest BCUT2D eigenvalue weighted by atomic mass is 16.7. The molecule has 5 heteroatoms. The lowest BCUT2D eigenvalue weighted by Crippen LogP contribution is -2.43. The van der Waals surface area contributed by atoms with Crippen molar-refractivity contribution in [1.29, 1.82) is 0 Å². The third-order valence-electron chi connectivity index (χ3n) is 4.16. The molecule has 0 atom stereocenters. The van der Waals surface area contributed by atoms with Crippen LogP contribution in [-0.4, -0.2) is 43.5 Å². The third-order valence-corrected chi connectivity index (χ3v) is 4.16. The Bertz CT molecular complexity index is 475. The van der Waals surface area contributed by atoms with Crippen molar-refractivity contribution in [3.05, 3.63) is 29.8 Å². The molecule has 1 aromatic carbocycles. The summed E-state index contributed by atoms with van der Waals surface area (Å²) in [6, 6.07) is 7.83. The number of piperidine rings is 1. The molecular weight excluding hydrogens is 268 g/mol. The molecule has 2 fully saturated rings. The molecule has 2 aliphatic rings. The lowest BCUT2D eigenvalue weighted by Gasteiger charge is -2.33. The summed E-state index contributed by atoms with van der Waals surface area (Å²) in [5.74, 6) is 0.413. The molecule has 0 aliphatic carbocycles. The second-order valence-corrected chi connectivity index (χ2v) is 5.73. The van der Waals surface area contributed by atoms with E-state index in [1.807, 2.05) is 36.1 Å². The normalized spacial score (nSPS) is 20.7. The van der Waals surface area contributed by atoms with Gasteiger partial charge in [0.15, 0.2) is 6.29 Å². The van der Waals surface area contributed by atoms with Gasteiger partial charge < -0.3 is 19.7 Å². The molecule has 0 unspecified atom stereocenters. The van der Waals surface area contributed by atoms with Gasteiger partial charge in [-0.3, -0.25) is 0 Å². The van der Waals surface area contributed by atoms with Gasteiger partial charge in [0.1, 0.15) is 0 Å². The Morgan fingerprint density at radius 3 is 2.38 bits per heavy atom. The van der Waals surface area contributed by atoms with Crippen LogP contribution < -0.4 is 5.32 Å². The van der Waals surface area contributed by atoms with Crippen LogP contribution in [0.4, 0.5) is 10.5 Å².